The summed E-state index contributed by atoms with van der Waals surface area (Å²) in [6.45, 7) is 2.21. The highest BCUT2D eigenvalue weighted by Gasteiger charge is 2.64. The van der Waals surface area contributed by atoms with Crippen LogP contribution in [-0.2, 0) is 9.53 Å². The Kier molecular flexibility index (Phi) is 2.53. The third-order valence-corrected chi connectivity index (χ3v) is 4.32. The first kappa shape index (κ1) is 10.9. The number of ether oxygens (including phenoxy) is 1. The van der Waals surface area contributed by atoms with E-state index in [0.717, 1.165) is 38.5 Å². The highest BCUT2D eigenvalue weighted by molar-refractivity contribution is 5.81. The van der Waals surface area contributed by atoms with E-state index in [-0.39, 0.29) is 5.97 Å². The summed E-state index contributed by atoms with van der Waals surface area (Å²) in [4.78, 5) is 11.7. The van der Waals surface area contributed by atoms with Gasteiger partial charge in [0.1, 0.15) is 0 Å². The Morgan fingerprint density at radius 2 is 1.80 bits per heavy atom. The van der Waals surface area contributed by atoms with Crippen molar-refractivity contribution < 1.29 is 14.6 Å². The average Bonchev–Trinajstić information content (AvgIpc) is 3.03. The molecule has 0 unspecified atom stereocenters. The molecule has 2 aliphatic carbocycles. The van der Waals surface area contributed by atoms with Gasteiger partial charge in [-0.3, -0.25) is 4.79 Å². The minimum Gasteiger partial charge on any atom is -0.469 e. The van der Waals surface area contributed by atoms with Crippen LogP contribution in [0.2, 0.25) is 0 Å². The quantitative estimate of drug-likeness (QED) is 0.711. The first-order valence-electron chi connectivity index (χ1n) is 5.85. The first-order chi connectivity index (χ1) is 7.04. The van der Waals surface area contributed by atoms with Crippen molar-refractivity contribution in [3.05, 3.63) is 0 Å². The predicted molar refractivity (Wildman–Crippen MR) is 56.3 cm³/mol. The van der Waals surface area contributed by atoms with Crippen molar-refractivity contribution in [2.75, 3.05) is 7.11 Å². The zero-order chi connectivity index (χ0) is 11.1. The van der Waals surface area contributed by atoms with Gasteiger partial charge in [0.15, 0.2) is 0 Å². The van der Waals surface area contributed by atoms with Crippen molar-refractivity contribution in [2.45, 2.75) is 51.0 Å². The van der Waals surface area contributed by atoms with Crippen LogP contribution in [0.3, 0.4) is 0 Å². The van der Waals surface area contributed by atoms with Crippen LogP contribution in [0.5, 0.6) is 0 Å². The molecule has 0 aliphatic heterocycles. The SMILES string of the molecule is COC(=O)C1(C2(O)CCC(C)CC2)CC1. The van der Waals surface area contributed by atoms with Crippen molar-refractivity contribution in [2.24, 2.45) is 11.3 Å². The summed E-state index contributed by atoms with van der Waals surface area (Å²) in [5.41, 5.74) is -1.34. The summed E-state index contributed by atoms with van der Waals surface area (Å²) < 4.78 is 4.82. The molecule has 3 nitrogen and oxygen atoms in total. The number of hydrogen-bond acceptors (Lipinski definition) is 3. The summed E-state index contributed by atoms with van der Waals surface area (Å²) in [6, 6.07) is 0. The van der Waals surface area contributed by atoms with Crippen molar-refractivity contribution in [1.82, 2.24) is 0 Å². The van der Waals surface area contributed by atoms with E-state index in [1.807, 2.05) is 0 Å². The molecule has 0 aromatic rings. The molecule has 0 amide bonds. The Morgan fingerprint density at radius 3 is 2.20 bits per heavy atom. The maximum Gasteiger partial charge on any atom is 0.314 e. The van der Waals surface area contributed by atoms with E-state index < -0.39 is 11.0 Å². The molecule has 86 valence electrons. The third-order valence-electron chi connectivity index (χ3n) is 4.32. The van der Waals surface area contributed by atoms with Crippen LogP contribution in [-0.4, -0.2) is 23.8 Å². The maximum absolute atomic E-state index is 11.7. The maximum atomic E-state index is 11.7. The van der Waals surface area contributed by atoms with Gasteiger partial charge in [0.2, 0.25) is 0 Å². The Balaban J connectivity index is 2.12. The first-order valence-corrected chi connectivity index (χ1v) is 5.85. The topological polar surface area (TPSA) is 46.5 Å². The fourth-order valence-corrected chi connectivity index (χ4v) is 2.90. The molecule has 3 heteroatoms. The molecule has 0 radical (unpaired) electrons. The van der Waals surface area contributed by atoms with Gasteiger partial charge in [-0.05, 0) is 44.4 Å². The molecule has 0 bridgehead atoms. The molecular formula is C12H20O3. The number of esters is 1. The number of methoxy groups -OCH3 is 1. The molecule has 0 heterocycles. The minimum atomic E-state index is -0.785. The molecule has 1 N–H and O–H groups in total. The largest absolute Gasteiger partial charge is 0.469 e. The molecule has 2 aliphatic rings. The van der Waals surface area contributed by atoms with E-state index in [9.17, 15) is 9.90 Å². The minimum absolute atomic E-state index is 0.209. The molecule has 2 saturated carbocycles. The lowest BCUT2D eigenvalue weighted by molar-refractivity contribution is -0.163. The molecule has 0 aromatic heterocycles. The van der Waals surface area contributed by atoms with Gasteiger partial charge in [0, 0.05) is 0 Å². The van der Waals surface area contributed by atoms with Crippen LogP contribution in [0.25, 0.3) is 0 Å². The van der Waals surface area contributed by atoms with Gasteiger partial charge in [-0.15, -0.1) is 0 Å². The van der Waals surface area contributed by atoms with Crippen molar-refractivity contribution in [1.29, 1.82) is 0 Å². The van der Waals surface area contributed by atoms with Crippen LogP contribution >= 0.6 is 0 Å². The van der Waals surface area contributed by atoms with E-state index in [2.05, 4.69) is 6.92 Å². The molecule has 0 atom stereocenters. The van der Waals surface area contributed by atoms with Crippen LogP contribution in [0.1, 0.15) is 45.4 Å². The van der Waals surface area contributed by atoms with E-state index >= 15 is 0 Å². The van der Waals surface area contributed by atoms with Gasteiger partial charge in [0.05, 0.1) is 18.1 Å². The normalized spacial score (nSPS) is 38.5. The zero-order valence-electron chi connectivity index (χ0n) is 9.58. The molecule has 0 aromatic carbocycles. The highest BCUT2D eigenvalue weighted by atomic mass is 16.5. The molecule has 0 spiro atoms. The number of carbonyl (C=O) groups excluding carboxylic acids is 1. The lowest BCUT2D eigenvalue weighted by Gasteiger charge is -2.40. The van der Waals surface area contributed by atoms with E-state index in [4.69, 9.17) is 4.74 Å². The standard InChI is InChI=1S/C12H20O3/c1-9-3-5-12(14,6-4-9)11(7-8-11)10(13)15-2/h9,14H,3-8H2,1-2H3. The number of carbonyl (C=O) groups is 1. The van der Waals surface area contributed by atoms with Gasteiger partial charge in [-0.2, -0.15) is 0 Å². The second kappa shape index (κ2) is 3.48. The summed E-state index contributed by atoms with van der Waals surface area (Å²) in [5.74, 6) is 0.471. The number of rotatable bonds is 2. The third kappa shape index (κ3) is 1.57. The summed E-state index contributed by atoms with van der Waals surface area (Å²) >= 11 is 0. The Bertz CT molecular complexity index is 260. The van der Waals surface area contributed by atoms with Crippen molar-refractivity contribution in [3.63, 3.8) is 0 Å². The molecule has 0 saturated heterocycles. The lowest BCUT2D eigenvalue weighted by Crippen LogP contribution is -2.47. The van der Waals surface area contributed by atoms with E-state index in [1.165, 1.54) is 7.11 Å². The molecule has 15 heavy (non-hydrogen) atoms. The fourth-order valence-electron chi connectivity index (χ4n) is 2.90. The molecule has 2 fully saturated rings. The van der Waals surface area contributed by atoms with Gasteiger partial charge in [-0.1, -0.05) is 6.92 Å². The van der Waals surface area contributed by atoms with Crippen molar-refractivity contribution in [3.8, 4) is 0 Å². The second-order valence-electron chi connectivity index (χ2n) is 5.29. The van der Waals surface area contributed by atoms with E-state index in [0.29, 0.717) is 5.92 Å². The summed E-state index contributed by atoms with van der Waals surface area (Å²) in [6.07, 6.45) is 5.14. The Morgan fingerprint density at radius 1 is 1.27 bits per heavy atom. The van der Waals surface area contributed by atoms with Gasteiger partial charge in [-0.25, -0.2) is 0 Å². The van der Waals surface area contributed by atoms with Crippen molar-refractivity contribution >= 4 is 5.97 Å². The van der Waals surface area contributed by atoms with Gasteiger partial charge >= 0.3 is 5.97 Å². The Hall–Kier alpha value is -0.570. The highest BCUT2D eigenvalue weighted by Crippen LogP contribution is 2.59. The summed E-state index contributed by atoms with van der Waals surface area (Å²) in [5, 5.41) is 10.6. The average molecular weight is 212 g/mol. The monoisotopic (exact) mass is 212 g/mol. The number of aliphatic hydroxyl groups is 1. The van der Waals surface area contributed by atoms with Crippen LogP contribution in [0.15, 0.2) is 0 Å². The second-order valence-corrected chi connectivity index (χ2v) is 5.29. The zero-order valence-corrected chi connectivity index (χ0v) is 9.58. The molecular weight excluding hydrogens is 192 g/mol. The Labute approximate surface area is 90.8 Å². The predicted octanol–water partition coefficient (Wildman–Crippen LogP) is 1.88. The lowest BCUT2D eigenvalue weighted by atomic mass is 9.70. The van der Waals surface area contributed by atoms with E-state index in [1.54, 1.807) is 0 Å². The summed E-state index contributed by atoms with van der Waals surface area (Å²) in [7, 11) is 1.41. The van der Waals surface area contributed by atoms with Crippen LogP contribution in [0.4, 0.5) is 0 Å². The van der Waals surface area contributed by atoms with Gasteiger partial charge in [0.25, 0.3) is 0 Å². The van der Waals surface area contributed by atoms with Crippen LogP contribution in [0, 0.1) is 11.3 Å². The fraction of sp³-hybridized carbons (Fsp3) is 0.917. The molecule has 2 rings (SSSR count). The van der Waals surface area contributed by atoms with Crippen LogP contribution < -0.4 is 0 Å². The van der Waals surface area contributed by atoms with Gasteiger partial charge < -0.3 is 9.84 Å². The smallest absolute Gasteiger partial charge is 0.314 e. The number of hydrogen-bond donors (Lipinski definition) is 1.